The van der Waals surface area contributed by atoms with Gasteiger partial charge in [0.25, 0.3) is 5.91 Å². The van der Waals surface area contributed by atoms with E-state index in [0.717, 1.165) is 11.1 Å². The summed E-state index contributed by atoms with van der Waals surface area (Å²) in [6.07, 6.45) is -0.563. The first-order chi connectivity index (χ1) is 13.0. The van der Waals surface area contributed by atoms with Gasteiger partial charge < -0.3 is 25.2 Å². The number of nitrogens with one attached hydrogen (secondary N) is 2. The number of benzene rings is 2. The minimum Gasteiger partial charge on any atom is -0.493 e. The van der Waals surface area contributed by atoms with E-state index in [0.29, 0.717) is 31.1 Å². The van der Waals surface area contributed by atoms with Gasteiger partial charge in [-0.05, 0) is 37.1 Å². The van der Waals surface area contributed by atoms with Crippen LogP contribution in [0.15, 0.2) is 42.5 Å². The van der Waals surface area contributed by atoms with Gasteiger partial charge in [0.15, 0.2) is 18.1 Å². The molecule has 2 aromatic carbocycles. The van der Waals surface area contributed by atoms with E-state index in [4.69, 9.17) is 9.47 Å². The van der Waals surface area contributed by atoms with Gasteiger partial charge in [-0.15, -0.1) is 0 Å². The van der Waals surface area contributed by atoms with E-state index in [1.165, 1.54) is 5.56 Å². The average molecular weight is 372 g/mol. The van der Waals surface area contributed by atoms with Gasteiger partial charge in [-0.2, -0.15) is 0 Å². The maximum absolute atomic E-state index is 11.5. The van der Waals surface area contributed by atoms with Crippen LogP contribution in [0.3, 0.4) is 0 Å². The molecule has 3 N–H and O–H groups in total. The second-order valence-corrected chi connectivity index (χ2v) is 6.28. The molecule has 1 atom stereocenters. The minimum atomic E-state index is -0.563. The zero-order valence-electron chi connectivity index (χ0n) is 16.1. The summed E-state index contributed by atoms with van der Waals surface area (Å²) in [6.45, 7) is 5.42. The molecular weight excluding hydrogens is 344 g/mol. The molecule has 0 aliphatic carbocycles. The Labute approximate surface area is 160 Å². The molecule has 0 spiro atoms. The van der Waals surface area contributed by atoms with E-state index >= 15 is 0 Å². The highest BCUT2D eigenvalue weighted by atomic mass is 16.5. The molecule has 0 radical (unpaired) electrons. The molecule has 6 heteroatoms. The lowest BCUT2D eigenvalue weighted by atomic mass is 10.1. The number of aliphatic hydroxyl groups is 1. The van der Waals surface area contributed by atoms with Crippen molar-refractivity contribution in [1.82, 2.24) is 10.6 Å². The third kappa shape index (κ3) is 6.58. The van der Waals surface area contributed by atoms with Crippen molar-refractivity contribution in [1.29, 1.82) is 0 Å². The normalized spacial score (nSPS) is 11.7. The molecule has 1 amide bonds. The Bertz CT molecular complexity index is 731. The zero-order chi connectivity index (χ0) is 19.6. The van der Waals surface area contributed by atoms with Crippen LogP contribution in [0.5, 0.6) is 11.5 Å². The summed E-state index contributed by atoms with van der Waals surface area (Å²) in [5, 5.41) is 16.2. The van der Waals surface area contributed by atoms with Crippen molar-refractivity contribution >= 4 is 5.91 Å². The number of likely N-dealkylation sites (N-methyl/N-ethyl adjacent to an activating group) is 1. The Morgan fingerprint density at radius 2 is 1.89 bits per heavy atom. The van der Waals surface area contributed by atoms with Crippen molar-refractivity contribution < 1.29 is 19.4 Å². The van der Waals surface area contributed by atoms with Crippen LogP contribution in [0.25, 0.3) is 0 Å². The predicted octanol–water partition coefficient (Wildman–Crippen LogP) is 2.34. The highest BCUT2D eigenvalue weighted by Gasteiger charge is 2.10. The number of amides is 1. The highest BCUT2D eigenvalue weighted by Crippen LogP contribution is 2.28. The lowest BCUT2D eigenvalue weighted by Gasteiger charge is -2.14. The molecule has 27 heavy (non-hydrogen) atoms. The molecule has 0 saturated heterocycles. The fourth-order valence-corrected chi connectivity index (χ4v) is 2.59. The van der Waals surface area contributed by atoms with Crippen LogP contribution in [-0.4, -0.2) is 37.8 Å². The molecule has 146 valence electrons. The molecule has 0 aliphatic heterocycles. The molecule has 6 nitrogen and oxygen atoms in total. The fraction of sp³-hybridized carbons (Fsp3) is 0.381. The van der Waals surface area contributed by atoms with E-state index in [1.54, 1.807) is 13.2 Å². The maximum atomic E-state index is 11.5. The van der Waals surface area contributed by atoms with Crippen molar-refractivity contribution in [2.75, 3.05) is 26.8 Å². The average Bonchev–Trinajstić information content (AvgIpc) is 2.67. The molecule has 2 aromatic rings. The highest BCUT2D eigenvalue weighted by molar-refractivity contribution is 5.77. The Balaban J connectivity index is 1.87. The number of methoxy groups -OCH3 is 1. The monoisotopic (exact) mass is 372 g/mol. The van der Waals surface area contributed by atoms with Gasteiger partial charge in [-0.1, -0.05) is 35.9 Å². The molecular formula is C21H28N2O4. The summed E-state index contributed by atoms with van der Waals surface area (Å²) in [5.41, 5.74) is 3.05. The van der Waals surface area contributed by atoms with Gasteiger partial charge in [-0.3, -0.25) is 4.79 Å². The number of carbonyl (C=O) groups is 1. The Kier molecular flexibility index (Phi) is 8.10. The molecule has 0 aromatic heterocycles. The van der Waals surface area contributed by atoms with Crippen molar-refractivity contribution in [3.8, 4) is 11.5 Å². The van der Waals surface area contributed by atoms with Gasteiger partial charge in [-0.25, -0.2) is 0 Å². The number of ether oxygens (including phenoxy) is 2. The van der Waals surface area contributed by atoms with Crippen molar-refractivity contribution in [3.05, 3.63) is 59.2 Å². The summed E-state index contributed by atoms with van der Waals surface area (Å²) in [6, 6.07) is 13.4. The Morgan fingerprint density at radius 3 is 2.56 bits per heavy atom. The maximum Gasteiger partial charge on any atom is 0.257 e. The second kappa shape index (κ2) is 10.5. The van der Waals surface area contributed by atoms with Crippen LogP contribution in [0, 0.1) is 6.92 Å². The molecule has 1 unspecified atom stereocenters. The minimum absolute atomic E-state index is 0.0511. The molecule has 0 heterocycles. The topological polar surface area (TPSA) is 79.8 Å². The first kappa shape index (κ1) is 20.7. The van der Waals surface area contributed by atoms with E-state index < -0.39 is 6.10 Å². The Morgan fingerprint density at radius 1 is 1.15 bits per heavy atom. The van der Waals surface area contributed by atoms with Crippen molar-refractivity contribution in [2.45, 2.75) is 26.5 Å². The summed E-state index contributed by atoms with van der Waals surface area (Å²) < 4.78 is 10.9. The van der Waals surface area contributed by atoms with Gasteiger partial charge in [0.2, 0.25) is 0 Å². The summed E-state index contributed by atoms with van der Waals surface area (Å²) in [5.74, 6) is 0.917. The number of hydrogen-bond donors (Lipinski definition) is 3. The molecule has 0 bridgehead atoms. The third-order valence-electron chi connectivity index (χ3n) is 4.09. The van der Waals surface area contributed by atoms with Gasteiger partial charge in [0, 0.05) is 19.6 Å². The van der Waals surface area contributed by atoms with Gasteiger partial charge in [0.05, 0.1) is 13.2 Å². The van der Waals surface area contributed by atoms with E-state index in [-0.39, 0.29) is 12.5 Å². The SMILES string of the molecule is CCNC(=O)COc1ccc(CNCC(O)c2ccc(C)cc2)cc1OC. The molecule has 0 saturated carbocycles. The van der Waals surface area contributed by atoms with Crippen molar-refractivity contribution in [2.24, 2.45) is 0 Å². The number of rotatable bonds is 10. The predicted molar refractivity (Wildman–Crippen MR) is 105 cm³/mol. The van der Waals surface area contributed by atoms with Crippen LogP contribution < -0.4 is 20.1 Å². The van der Waals surface area contributed by atoms with Crippen LogP contribution in [0.2, 0.25) is 0 Å². The summed E-state index contributed by atoms with van der Waals surface area (Å²) in [7, 11) is 1.56. The second-order valence-electron chi connectivity index (χ2n) is 6.28. The molecule has 0 aliphatic rings. The van der Waals surface area contributed by atoms with E-state index in [1.807, 2.05) is 50.2 Å². The zero-order valence-corrected chi connectivity index (χ0v) is 16.1. The van der Waals surface area contributed by atoms with Gasteiger partial charge >= 0.3 is 0 Å². The largest absolute Gasteiger partial charge is 0.493 e. The van der Waals surface area contributed by atoms with Crippen LogP contribution >= 0.6 is 0 Å². The third-order valence-corrected chi connectivity index (χ3v) is 4.09. The van der Waals surface area contributed by atoms with Crippen LogP contribution in [-0.2, 0) is 11.3 Å². The lowest BCUT2D eigenvalue weighted by Crippen LogP contribution is -2.28. The molecule has 0 fully saturated rings. The number of aliphatic hydroxyl groups excluding tert-OH is 1. The first-order valence-electron chi connectivity index (χ1n) is 9.05. The van der Waals surface area contributed by atoms with Crippen LogP contribution in [0.4, 0.5) is 0 Å². The number of aryl methyl sites for hydroxylation is 1. The van der Waals surface area contributed by atoms with Gasteiger partial charge in [0.1, 0.15) is 0 Å². The first-order valence-corrected chi connectivity index (χ1v) is 9.05. The summed E-state index contributed by atoms with van der Waals surface area (Å²) in [4.78, 5) is 11.5. The fourth-order valence-electron chi connectivity index (χ4n) is 2.59. The Hall–Kier alpha value is -2.57. The van der Waals surface area contributed by atoms with Crippen LogP contribution in [0.1, 0.15) is 29.7 Å². The number of hydrogen-bond acceptors (Lipinski definition) is 5. The lowest BCUT2D eigenvalue weighted by molar-refractivity contribution is -0.123. The van der Waals surface area contributed by atoms with E-state index in [9.17, 15) is 9.90 Å². The quantitative estimate of drug-likeness (QED) is 0.597. The van der Waals surface area contributed by atoms with Crippen molar-refractivity contribution in [3.63, 3.8) is 0 Å². The standard InChI is InChI=1S/C21H28N2O4/c1-4-23-21(25)14-27-19-10-7-16(11-20(19)26-3)12-22-13-18(24)17-8-5-15(2)6-9-17/h5-11,18,22,24H,4,12-14H2,1-3H3,(H,23,25). The molecule has 2 rings (SSSR count). The number of carbonyl (C=O) groups excluding carboxylic acids is 1. The van der Waals surface area contributed by atoms with E-state index in [2.05, 4.69) is 10.6 Å². The smallest absolute Gasteiger partial charge is 0.257 e. The summed E-state index contributed by atoms with van der Waals surface area (Å²) >= 11 is 0.